The van der Waals surface area contributed by atoms with Crippen molar-refractivity contribution < 1.29 is 9.53 Å². The highest BCUT2D eigenvalue weighted by atomic mass is 16.5. The van der Waals surface area contributed by atoms with Crippen LogP contribution in [-0.4, -0.2) is 29.4 Å². The minimum atomic E-state index is 0.0350. The summed E-state index contributed by atoms with van der Waals surface area (Å²) in [6.45, 7) is 3.27. The second-order valence-corrected chi connectivity index (χ2v) is 5.42. The number of hydrogen-bond acceptors (Lipinski definition) is 2. The number of fused-ring (bicyclic) bond motifs is 1. The molecule has 1 aromatic heterocycles. The Balaban J connectivity index is 1.89. The molecule has 1 N–H and O–H groups in total. The van der Waals surface area contributed by atoms with Gasteiger partial charge in [-0.15, -0.1) is 0 Å². The number of nitrogens with zero attached hydrogens (tertiary/aromatic N) is 1. The molecule has 0 fully saturated rings. The van der Waals surface area contributed by atoms with Crippen LogP contribution < -0.4 is 4.74 Å². The average molecular weight is 308 g/mol. The maximum atomic E-state index is 12.9. The van der Waals surface area contributed by atoms with Crippen molar-refractivity contribution in [2.45, 2.75) is 13.5 Å². The number of benzene rings is 2. The zero-order valence-electron chi connectivity index (χ0n) is 13.4. The lowest BCUT2D eigenvalue weighted by molar-refractivity contribution is 0.0754. The Labute approximate surface area is 135 Å². The smallest absolute Gasteiger partial charge is 0.256 e. The molecule has 1 heterocycles. The third-order valence-corrected chi connectivity index (χ3v) is 4.00. The van der Waals surface area contributed by atoms with Gasteiger partial charge in [0.2, 0.25) is 0 Å². The van der Waals surface area contributed by atoms with Gasteiger partial charge >= 0.3 is 0 Å². The van der Waals surface area contributed by atoms with E-state index in [1.54, 1.807) is 13.3 Å². The van der Waals surface area contributed by atoms with Crippen LogP contribution in [0.1, 0.15) is 22.8 Å². The molecule has 0 saturated heterocycles. The summed E-state index contributed by atoms with van der Waals surface area (Å²) in [6.07, 6.45) is 1.78. The number of hydrogen-bond donors (Lipinski definition) is 1. The Kier molecular flexibility index (Phi) is 4.33. The standard InChI is InChI=1S/C19H20N2O2/c1-3-21(13-14-7-5-4-6-8-14)19(22)17-12-20-18-11-15(23-2)9-10-16(17)18/h4-12,20H,3,13H2,1-2H3. The van der Waals surface area contributed by atoms with Crippen LogP contribution in [0.4, 0.5) is 0 Å². The van der Waals surface area contributed by atoms with E-state index in [0.29, 0.717) is 18.7 Å². The molecule has 0 aliphatic rings. The van der Waals surface area contributed by atoms with Gasteiger partial charge in [0.05, 0.1) is 12.7 Å². The molecule has 3 rings (SSSR count). The highest BCUT2D eigenvalue weighted by Crippen LogP contribution is 2.24. The van der Waals surface area contributed by atoms with Crippen molar-refractivity contribution in [3.8, 4) is 5.75 Å². The summed E-state index contributed by atoms with van der Waals surface area (Å²) in [7, 11) is 1.63. The van der Waals surface area contributed by atoms with E-state index in [1.165, 1.54) is 0 Å². The lowest BCUT2D eigenvalue weighted by Crippen LogP contribution is -2.30. The number of aromatic amines is 1. The van der Waals surface area contributed by atoms with Crippen LogP contribution in [0, 0.1) is 0 Å². The monoisotopic (exact) mass is 308 g/mol. The van der Waals surface area contributed by atoms with Crippen molar-refractivity contribution in [3.63, 3.8) is 0 Å². The number of methoxy groups -OCH3 is 1. The molecule has 1 amide bonds. The normalized spacial score (nSPS) is 10.7. The number of amides is 1. The van der Waals surface area contributed by atoms with E-state index in [0.717, 1.165) is 22.2 Å². The van der Waals surface area contributed by atoms with Crippen molar-refractivity contribution in [2.24, 2.45) is 0 Å². The second kappa shape index (κ2) is 6.57. The lowest BCUT2D eigenvalue weighted by atomic mass is 10.1. The Morgan fingerprint density at radius 1 is 1.17 bits per heavy atom. The topological polar surface area (TPSA) is 45.3 Å². The fourth-order valence-corrected chi connectivity index (χ4v) is 2.71. The molecule has 23 heavy (non-hydrogen) atoms. The van der Waals surface area contributed by atoms with Crippen molar-refractivity contribution in [1.82, 2.24) is 9.88 Å². The molecular weight excluding hydrogens is 288 g/mol. The van der Waals surface area contributed by atoms with E-state index < -0.39 is 0 Å². The molecule has 0 radical (unpaired) electrons. The number of nitrogens with one attached hydrogen (secondary N) is 1. The summed E-state index contributed by atoms with van der Waals surface area (Å²) in [4.78, 5) is 17.9. The molecule has 4 nitrogen and oxygen atoms in total. The van der Waals surface area contributed by atoms with E-state index in [4.69, 9.17) is 4.74 Å². The quantitative estimate of drug-likeness (QED) is 0.778. The molecule has 0 unspecified atom stereocenters. The van der Waals surface area contributed by atoms with E-state index in [-0.39, 0.29) is 5.91 Å². The largest absolute Gasteiger partial charge is 0.497 e. The number of aromatic nitrogens is 1. The molecule has 0 aliphatic heterocycles. The number of ether oxygens (including phenoxy) is 1. The van der Waals surface area contributed by atoms with E-state index in [1.807, 2.05) is 60.4 Å². The lowest BCUT2D eigenvalue weighted by Gasteiger charge is -2.20. The Bertz CT molecular complexity index is 809. The highest BCUT2D eigenvalue weighted by molar-refractivity contribution is 6.06. The van der Waals surface area contributed by atoms with Crippen LogP contribution in [0.5, 0.6) is 5.75 Å². The maximum absolute atomic E-state index is 12.9. The molecular formula is C19H20N2O2. The zero-order chi connectivity index (χ0) is 16.2. The minimum Gasteiger partial charge on any atom is -0.497 e. The average Bonchev–Trinajstić information content (AvgIpc) is 3.03. The van der Waals surface area contributed by atoms with Gasteiger partial charge < -0.3 is 14.6 Å². The van der Waals surface area contributed by atoms with Gasteiger partial charge in [-0.3, -0.25) is 4.79 Å². The van der Waals surface area contributed by atoms with E-state index >= 15 is 0 Å². The van der Waals surface area contributed by atoms with Crippen LogP contribution in [0.25, 0.3) is 10.9 Å². The highest BCUT2D eigenvalue weighted by Gasteiger charge is 2.18. The Hall–Kier alpha value is -2.75. The molecule has 0 bridgehead atoms. The van der Waals surface area contributed by atoms with Crippen LogP contribution in [0.15, 0.2) is 54.7 Å². The van der Waals surface area contributed by atoms with Gasteiger partial charge in [-0.25, -0.2) is 0 Å². The minimum absolute atomic E-state index is 0.0350. The summed E-state index contributed by atoms with van der Waals surface area (Å²) in [5, 5.41) is 0.919. The number of rotatable bonds is 5. The maximum Gasteiger partial charge on any atom is 0.256 e. The third-order valence-electron chi connectivity index (χ3n) is 4.00. The first kappa shape index (κ1) is 15.2. The first-order valence-electron chi connectivity index (χ1n) is 7.71. The Morgan fingerprint density at radius 2 is 1.96 bits per heavy atom. The number of carbonyl (C=O) groups is 1. The first-order valence-corrected chi connectivity index (χ1v) is 7.71. The summed E-state index contributed by atoms with van der Waals surface area (Å²) >= 11 is 0. The van der Waals surface area contributed by atoms with Gasteiger partial charge in [0, 0.05) is 36.3 Å². The van der Waals surface area contributed by atoms with Crippen molar-refractivity contribution in [2.75, 3.05) is 13.7 Å². The summed E-state index contributed by atoms with van der Waals surface area (Å²) in [5.41, 5.74) is 2.73. The summed E-state index contributed by atoms with van der Waals surface area (Å²) in [5.74, 6) is 0.808. The molecule has 2 aromatic carbocycles. The van der Waals surface area contributed by atoms with E-state index in [2.05, 4.69) is 4.98 Å². The predicted octanol–water partition coefficient (Wildman–Crippen LogP) is 3.84. The van der Waals surface area contributed by atoms with Crippen LogP contribution >= 0.6 is 0 Å². The van der Waals surface area contributed by atoms with Gasteiger partial charge in [0.25, 0.3) is 5.91 Å². The molecule has 4 heteroatoms. The third kappa shape index (κ3) is 3.06. The van der Waals surface area contributed by atoms with Crippen LogP contribution in [-0.2, 0) is 6.54 Å². The SMILES string of the molecule is CCN(Cc1ccccc1)C(=O)c1c[nH]c2cc(OC)ccc12. The zero-order valence-corrected chi connectivity index (χ0v) is 13.4. The fourth-order valence-electron chi connectivity index (χ4n) is 2.71. The molecule has 118 valence electrons. The van der Waals surface area contributed by atoms with Crippen molar-refractivity contribution in [3.05, 3.63) is 65.9 Å². The van der Waals surface area contributed by atoms with Crippen molar-refractivity contribution in [1.29, 1.82) is 0 Å². The number of H-pyrrole nitrogens is 1. The summed E-state index contributed by atoms with van der Waals surface area (Å²) < 4.78 is 5.22. The second-order valence-electron chi connectivity index (χ2n) is 5.42. The molecule has 0 atom stereocenters. The van der Waals surface area contributed by atoms with Gasteiger partial charge in [-0.2, -0.15) is 0 Å². The van der Waals surface area contributed by atoms with Crippen LogP contribution in [0.3, 0.4) is 0 Å². The molecule has 3 aromatic rings. The van der Waals surface area contributed by atoms with Gasteiger partial charge in [-0.1, -0.05) is 30.3 Å². The molecule has 0 aliphatic carbocycles. The molecule has 0 spiro atoms. The fraction of sp³-hybridized carbons (Fsp3) is 0.211. The molecule has 0 saturated carbocycles. The van der Waals surface area contributed by atoms with E-state index in [9.17, 15) is 4.79 Å². The van der Waals surface area contributed by atoms with Gasteiger partial charge in [0.1, 0.15) is 5.75 Å². The van der Waals surface area contributed by atoms with Gasteiger partial charge in [-0.05, 0) is 24.6 Å². The van der Waals surface area contributed by atoms with Crippen LogP contribution in [0.2, 0.25) is 0 Å². The Morgan fingerprint density at radius 3 is 2.65 bits per heavy atom. The number of carbonyl (C=O) groups excluding carboxylic acids is 1. The van der Waals surface area contributed by atoms with Crippen molar-refractivity contribution >= 4 is 16.8 Å². The predicted molar refractivity (Wildman–Crippen MR) is 91.7 cm³/mol. The first-order chi connectivity index (χ1) is 11.2. The summed E-state index contributed by atoms with van der Waals surface area (Å²) in [6, 6.07) is 15.7. The van der Waals surface area contributed by atoms with Gasteiger partial charge in [0.15, 0.2) is 0 Å².